The van der Waals surface area contributed by atoms with E-state index in [1.807, 2.05) is 12.1 Å². The molecule has 6 nitrogen and oxygen atoms in total. The Morgan fingerprint density at radius 2 is 2.05 bits per heavy atom. The van der Waals surface area contributed by atoms with Crippen molar-refractivity contribution in [3.63, 3.8) is 0 Å². The molecule has 108 valence electrons. The minimum absolute atomic E-state index is 0.0391. The van der Waals surface area contributed by atoms with Crippen molar-refractivity contribution in [1.82, 2.24) is 9.99 Å². The van der Waals surface area contributed by atoms with Gasteiger partial charge < -0.3 is 9.30 Å². The SMILES string of the molecule is COc1ccccc1/C=N\NC(=O)c1cccn(C)c1=O. The molecule has 0 bridgehead atoms. The quantitative estimate of drug-likeness (QED) is 0.676. The summed E-state index contributed by atoms with van der Waals surface area (Å²) in [6.07, 6.45) is 3.04. The summed E-state index contributed by atoms with van der Waals surface area (Å²) >= 11 is 0. The highest BCUT2D eigenvalue weighted by atomic mass is 16.5. The molecule has 0 saturated heterocycles. The van der Waals surface area contributed by atoms with Gasteiger partial charge in [0.15, 0.2) is 0 Å². The van der Waals surface area contributed by atoms with Crippen molar-refractivity contribution >= 4 is 12.1 Å². The summed E-state index contributed by atoms with van der Waals surface area (Å²) in [5.74, 6) is 0.0912. The van der Waals surface area contributed by atoms with Gasteiger partial charge in [0.2, 0.25) is 0 Å². The molecule has 0 spiro atoms. The summed E-state index contributed by atoms with van der Waals surface area (Å²) in [7, 11) is 3.14. The third-order valence-corrected chi connectivity index (χ3v) is 2.88. The maximum absolute atomic E-state index is 11.9. The maximum Gasteiger partial charge on any atom is 0.276 e. The Hall–Kier alpha value is -2.89. The van der Waals surface area contributed by atoms with Crippen molar-refractivity contribution in [3.05, 3.63) is 64.1 Å². The number of benzene rings is 1. The summed E-state index contributed by atoms with van der Waals surface area (Å²) in [5, 5.41) is 3.84. The van der Waals surface area contributed by atoms with E-state index >= 15 is 0 Å². The van der Waals surface area contributed by atoms with Crippen molar-refractivity contribution < 1.29 is 9.53 Å². The number of hydrogen-bond donors (Lipinski definition) is 1. The summed E-state index contributed by atoms with van der Waals surface area (Å²) in [5.41, 5.74) is 2.72. The van der Waals surface area contributed by atoms with Crippen LogP contribution in [0.5, 0.6) is 5.75 Å². The van der Waals surface area contributed by atoms with Gasteiger partial charge in [0.05, 0.1) is 13.3 Å². The highest BCUT2D eigenvalue weighted by Gasteiger charge is 2.09. The van der Waals surface area contributed by atoms with Crippen LogP contribution < -0.4 is 15.7 Å². The number of hydrogen-bond acceptors (Lipinski definition) is 4. The lowest BCUT2D eigenvalue weighted by atomic mass is 10.2. The van der Waals surface area contributed by atoms with E-state index in [1.54, 1.807) is 38.6 Å². The van der Waals surface area contributed by atoms with E-state index in [2.05, 4.69) is 10.5 Å². The van der Waals surface area contributed by atoms with Crippen molar-refractivity contribution in [2.45, 2.75) is 0 Å². The molecule has 0 unspecified atom stereocenters. The van der Waals surface area contributed by atoms with Crippen LogP contribution in [0.25, 0.3) is 0 Å². The molecule has 2 rings (SSSR count). The number of nitrogens with zero attached hydrogens (tertiary/aromatic N) is 2. The average molecular weight is 285 g/mol. The first-order chi connectivity index (χ1) is 10.1. The van der Waals surface area contributed by atoms with Crippen LogP contribution >= 0.6 is 0 Å². The Labute approximate surface area is 121 Å². The Bertz CT molecular complexity index is 735. The van der Waals surface area contributed by atoms with Crippen LogP contribution in [0.15, 0.2) is 52.5 Å². The maximum atomic E-state index is 11.9. The van der Waals surface area contributed by atoms with Crippen LogP contribution in [0.2, 0.25) is 0 Å². The number of methoxy groups -OCH3 is 1. The molecule has 0 saturated carbocycles. The smallest absolute Gasteiger partial charge is 0.276 e. The lowest BCUT2D eigenvalue weighted by Gasteiger charge is -2.03. The van der Waals surface area contributed by atoms with Gasteiger partial charge in [-0.15, -0.1) is 0 Å². The number of pyridine rings is 1. The number of carbonyl (C=O) groups excluding carboxylic acids is 1. The number of aromatic nitrogens is 1. The van der Waals surface area contributed by atoms with Gasteiger partial charge >= 0.3 is 0 Å². The van der Waals surface area contributed by atoms with E-state index < -0.39 is 5.91 Å². The summed E-state index contributed by atoms with van der Waals surface area (Å²) < 4.78 is 6.50. The first kappa shape index (κ1) is 14.5. The van der Waals surface area contributed by atoms with Gasteiger partial charge in [-0.25, -0.2) is 5.43 Å². The highest BCUT2D eigenvalue weighted by Crippen LogP contribution is 2.14. The Morgan fingerprint density at radius 1 is 1.29 bits per heavy atom. The van der Waals surface area contributed by atoms with Crippen LogP contribution in [0.4, 0.5) is 0 Å². The first-order valence-electron chi connectivity index (χ1n) is 6.25. The van der Waals surface area contributed by atoms with E-state index in [9.17, 15) is 9.59 Å². The van der Waals surface area contributed by atoms with E-state index in [0.29, 0.717) is 5.75 Å². The topological polar surface area (TPSA) is 72.7 Å². The third kappa shape index (κ3) is 3.36. The van der Waals surface area contributed by atoms with Crippen molar-refractivity contribution in [1.29, 1.82) is 0 Å². The highest BCUT2D eigenvalue weighted by molar-refractivity contribution is 5.94. The van der Waals surface area contributed by atoms with Gasteiger partial charge in [0, 0.05) is 18.8 Å². The lowest BCUT2D eigenvalue weighted by molar-refractivity contribution is 0.0953. The second kappa shape index (κ2) is 6.51. The van der Waals surface area contributed by atoms with Crippen molar-refractivity contribution in [2.75, 3.05) is 7.11 Å². The molecule has 6 heteroatoms. The Morgan fingerprint density at radius 3 is 2.81 bits per heavy atom. The molecule has 0 radical (unpaired) electrons. The number of nitrogens with one attached hydrogen (secondary N) is 1. The summed E-state index contributed by atoms with van der Waals surface area (Å²) in [6.45, 7) is 0. The zero-order valence-electron chi connectivity index (χ0n) is 11.7. The van der Waals surface area contributed by atoms with Gasteiger partial charge in [-0.2, -0.15) is 5.10 Å². The normalized spacial score (nSPS) is 10.6. The number of rotatable bonds is 4. The summed E-state index contributed by atoms with van der Waals surface area (Å²) in [6, 6.07) is 10.3. The fourth-order valence-corrected chi connectivity index (χ4v) is 1.76. The molecule has 0 aliphatic heterocycles. The van der Waals surface area contributed by atoms with E-state index in [4.69, 9.17) is 4.74 Å². The number of aryl methyl sites for hydroxylation is 1. The van der Waals surface area contributed by atoms with Crippen LogP contribution in [0.3, 0.4) is 0 Å². The fourth-order valence-electron chi connectivity index (χ4n) is 1.76. The largest absolute Gasteiger partial charge is 0.496 e. The van der Waals surface area contributed by atoms with Gasteiger partial charge in [-0.05, 0) is 24.3 Å². The van der Waals surface area contributed by atoms with Gasteiger partial charge in [-0.3, -0.25) is 9.59 Å². The van der Waals surface area contributed by atoms with E-state index in [1.165, 1.54) is 16.8 Å². The standard InChI is InChI=1S/C15H15N3O3/c1-18-9-5-7-12(15(18)20)14(19)17-16-10-11-6-3-4-8-13(11)21-2/h3-10H,1-2H3,(H,17,19)/b16-10-. The molecule has 1 aromatic heterocycles. The minimum Gasteiger partial charge on any atom is -0.496 e. The van der Waals surface area contributed by atoms with Crippen LogP contribution in [0.1, 0.15) is 15.9 Å². The minimum atomic E-state index is -0.553. The monoisotopic (exact) mass is 285 g/mol. The van der Waals surface area contributed by atoms with Crippen LogP contribution in [-0.4, -0.2) is 23.8 Å². The van der Waals surface area contributed by atoms with Crippen molar-refractivity contribution in [2.24, 2.45) is 12.1 Å². The lowest BCUT2D eigenvalue weighted by Crippen LogP contribution is -2.29. The van der Waals surface area contributed by atoms with E-state index in [-0.39, 0.29) is 11.1 Å². The second-order valence-corrected chi connectivity index (χ2v) is 4.28. The summed E-state index contributed by atoms with van der Waals surface area (Å²) in [4.78, 5) is 23.7. The second-order valence-electron chi connectivity index (χ2n) is 4.28. The predicted octanol–water partition coefficient (Wildman–Crippen LogP) is 1.16. The Balaban J connectivity index is 2.12. The zero-order valence-corrected chi connectivity index (χ0v) is 11.7. The zero-order chi connectivity index (χ0) is 15.2. The molecule has 1 heterocycles. The van der Waals surface area contributed by atoms with Gasteiger partial charge in [0.25, 0.3) is 11.5 Å². The molecular formula is C15H15N3O3. The molecule has 0 atom stereocenters. The first-order valence-corrected chi connectivity index (χ1v) is 6.25. The Kier molecular flexibility index (Phi) is 4.50. The molecular weight excluding hydrogens is 270 g/mol. The number of para-hydroxylation sites is 1. The number of carbonyl (C=O) groups is 1. The van der Waals surface area contributed by atoms with Gasteiger partial charge in [-0.1, -0.05) is 12.1 Å². The number of amides is 1. The fraction of sp³-hybridized carbons (Fsp3) is 0.133. The van der Waals surface area contributed by atoms with Crippen LogP contribution in [-0.2, 0) is 7.05 Å². The molecule has 1 N–H and O–H groups in total. The molecule has 1 amide bonds. The molecule has 1 aromatic carbocycles. The number of ether oxygens (including phenoxy) is 1. The van der Waals surface area contributed by atoms with Crippen LogP contribution in [0, 0.1) is 0 Å². The van der Waals surface area contributed by atoms with Gasteiger partial charge in [0.1, 0.15) is 11.3 Å². The average Bonchev–Trinajstić information content (AvgIpc) is 2.50. The molecule has 0 fully saturated rings. The van der Waals surface area contributed by atoms with Crippen molar-refractivity contribution in [3.8, 4) is 5.75 Å². The number of hydrazone groups is 1. The molecule has 21 heavy (non-hydrogen) atoms. The molecule has 0 aliphatic rings. The molecule has 2 aromatic rings. The van der Waals surface area contributed by atoms with E-state index in [0.717, 1.165) is 5.56 Å². The third-order valence-electron chi connectivity index (χ3n) is 2.88. The molecule has 0 aliphatic carbocycles. The predicted molar refractivity (Wildman–Crippen MR) is 79.7 cm³/mol.